The summed E-state index contributed by atoms with van der Waals surface area (Å²) in [5.41, 5.74) is 2.49. The second-order valence-corrected chi connectivity index (χ2v) is 7.85. The highest BCUT2D eigenvalue weighted by molar-refractivity contribution is 6.09. The summed E-state index contributed by atoms with van der Waals surface area (Å²) in [5, 5.41) is 2.46. The molecule has 0 bridgehead atoms. The fourth-order valence-corrected chi connectivity index (χ4v) is 4.25. The summed E-state index contributed by atoms with van der Waals surface area (Å²) in [7, 11) is 0. The molecular formula is C26H41Cl2N3O2. The zero-order chi connectivity index (χ0) is 22.2. The van der Waals surface area contributed by atoms with Gasteiger partial charge in [-0.25, -0.2) is 0 Å². The normalized spacial score (nSPS) is 11.1. The fourth-order valence-electron chi connectivity index (χ4n) is 4.25. The maximum Gasteiger partial charge on any atom is 0.120 e. The number of aromatic nitrogens is 1. The summed E-state index contributed by atoms with van der Waals surface area (Å²) in [6, 6.07) is 12.9. The van der Waals surface area contributed by atoms with Gasteiger partial charge in [0.15, 0.2) is 0 Å². The molecule has 0 radical (unpaired) electrons. The number of hydrogen-bond acceptors (Lipinski definition) is 4. The van der Waals surface area contributed by atoms with Crippen LogP contribution in [0.5, 0.6) is 11.5 Å². The summed E-state index contributed by atoms with van der Waals surface area (Å²) in [6.45, 7) is 19.4. The summed E-state index contributed by atoms with van der Waals surface area (Å²) in [5.74, 6) is 1.87. The minimum Gasteiger partial charge on any atom is -0.492 e. The van der Waals surface area contributed by atoms with Crippen molar-refractivity contribution in [3.05, 3.63) is 36.4 Å². The predicted octanol–water partition coefficient (Wildman–Crippen LogP) is 6.10. The largest absolute Gasteiger partial charge is 0.492 e. The molecule has 33 heavy (non-hydrogen) atoms. The average Bonchev–Trinajstić information content (AvgIpc) is 3.12. The van der Waals surface area contributed by atoms with Crippen LogP contribution in [-0.2, 0) is 6.54 Å². The Morgan fingerprint density at radius 1 is 0.636 bits per heavy atom. The Labute approximate surface area is 211 Å². The molecule has 0 N–H and O–H groups in total. The van der Waals surface area contributed by atoms with Gasteiger partial charge in [0.1, 0.15) is 24.7 Å². The van der Waals surface area contributed by atoms with Crippen molar-refractivity contribution in [2.24, 2.45) is 0 Å². The highest BCUT2D eigenvalue weighted by Gasteiger charge is 2.12. The molecule has 0 fully saturated rings. The first-order chi connectivity index (χ1) is 15.1. The quantitative estimate of drug-likeness (QED) is 0.285. The van der Waals surface area contributed by atoms with Crippen molar-refractivity contribution in [3.8, 4) is 11.5 Å². The third-order valence-electron chi connectivity index (χ3n) is 6.27. The second kappa shape index (κ2) is 14.6. The van der Waals surface area contributed by atoms with Crippen LogP contribution >= 0.6 is 24.8 Å². The molecule has 0 aliphatic rings. The van der Waals surface area contributed by atoms with Crippen LogP contribution in [0, 0.1) is 0 Å². The Morgan fingerprint density at radius 2 is 1.03 bits per heavy atom. The number of nitrogens with zero attached hydrogens (tertiary/aromatic N) is 3. The van der Waals surface area contributed by atoms with Gasteiger partial charge >= 0.3 is 0 Å². The number of fused-ring (bicyclic) bond motifs is 3. The van der Waals surface area contributed by atoms with Gasteiger partial charge in [0.05, 0.1) is 0 Å². The van der Waals surface area contributed by atoms with Gasteiger partial charge in [-0.1, -0.05) is 27.7 Å². The molecule has 0 amide bonds. The number of rotatable bonds is 13. The maximum atomic E-state index is 6.10. The van der Waals surface area contributed by atoms with E-state index in [1.165, 1.54) is 21.8 Å². The molecule has 1 heterocycles. The molecule has 0 aliphatic heterocycles. The number of likely N-dealkylation sites (N-methyl/N-ethyl adjacent to an activating group) is 2. The molecule has 186 valence electrons. The van der Waals surface area contributed by atoms with E-state index in [0.717, 1.165) is 57.3 Å². The van der Waals surface area contributed by atoms with Gasteiger partial charge in [-0.3, -0.25) is 0 Å². The van der Waals surface area contributed by atoms with E-state index in [0.29, 0.717) is 13.2 Å². The van der Waals surface area contributed by atoms with E-state index in [-0.39, 0.29) is 24.8 Å². The first kappa shape index (κ1) is 29.4. The molecule has 0 atom stereocenters. The second-order valence-electron chi connectivity index (χ2n) is 7.85. The number of halogens is 2. The van der Waals surface area contributed by atoms with Crippen LogP contribution in [0.2, 0.25) is 0 Å². The van der Waals surface area contributed by atoms with Crippen molar-refractivity contribution in [1.29, 1.82) is 0 Å². The third kappa shape index (κ3) is 7.16. The number of benzene rings is 2. The van der Waals surface area contributed by atoms with Gasteiger partial charge in [-0.15, -0.1) is 24.8 Å². The minimum atomic E-state index is 0. The smallest absolute Gasteiger partial charge is 0.120 e. The Morgan fingerprint density at radius 3 is 1.36 bits per heavy atom. The van der Waals surface area contributed by atoms with Gasteiger partial charge in [0.2, 0.25) is 0 Å². The highest BCUT2D eigenvalue weighted by atomic mass is 35.5. The van der Waals surface area contributed by atoms with Gasteiger partial charge in [0, 0.05) is 41.4 Å². The van der Waals surface area contributed by atoms with E-state index in [4.69, 9.17) is 9.47 Å². The maximum absolute atomic E-state index is 6.10. The Bertz CT molecular complexity index is 894. The van der Waals surface area contributed by atoms with Crippen molar-refractivity contribution in [2.45, 2.75) is 41.2 Å². The SMILES string of the molecule is CCN(CC)CCOc1ccc2c(c1)c1cc(OCCN(CC)CC)ccc1n2CC.Cl.Cl. The number of hydrogen-bond donors (Lipinski definition) is 0. The highest BCUT2D eigenvalue weighted by Crippen LogP contribution is 2.34. The van der Waals surface area contributed by atoms with Crippen molar-refractivity contribution >= 4 is 46.6 Å². The Balaban J connectivity index is 0.00000272. The number of aryl methyl sites for hydroxylation is 1. The van der Waals surface area contributed by atoms with Crippen LogP contribution in [0.15, 0.2) is 36.4 Å². The summed E-state index contributed by atoms with van der Waals surface area (Å²) in [6.07, 6.45) is 0. The molecule has 0 spiro atoms. The summed E-state index contributed by atoms with van der Waals surface area (Å²) < 4.78 is 14.6. The minimum absolute atomic E-state index is 0. The zero-order valence-electron chi connectivity index (χ0n) is 20.8. The lowest BCUT2D eigenvalue weighted by molar-refractivity contribution is 0.223. The van der Waals surface area contributed by atoms with Gasteiger partial charge in [-0.2, -0.15) is 0 Å². The monoisotopic (exact) mass is 497 g/mol. The molecule has 3 rings (SSSR count). The van der Waals surface area contributed by atoms with Crippen LogP contribution in [0.1, 0.15) is 34.6 Å². The summed E-state index contributed by atoms with van der Waals surface area (Å²) >= 11 is 0. The van der Waals surface area contributed by atoms with Crippen LogP contribution in [0.4, 0.5) is 0 Å². The van der Waals surface area contributed by atoms with E-state index in [9.17, 15) is 0 Å². The zero-order valence-corrected chi connectivity index (χ0v) is 22.4. The molecule has 3 aromatic rings. The first-order valence-corrected chi connectivity index (χ1v) is 11.9. The molecule has 1 aromatic heterocycles. The standard InChI is InChI=1S/C26H39N3O2.2ClH/c1-6-27(7-2)15-17-30-21-11-13-25-23(19-21)24-20-22(12-14-26(24)29(25)10-5)31-18-16-28(8-3)9-4;;/h11-14,19-20H,6-10,15-18H2,1-5H3;2*1H. The van der Waals surface area contributed by atoms with E-state index >= 15 is 0 Å². The topological polar surface area (TPSA) is 29.9 Å². The number of ether oxygens (including phenoxy) is 2. The lowest BCUT2D eigenvalue weighted by atomic mass is 10.1. The molecule has 0 aliphatic carbocycles. The lowest BCUT2D eigenvalue weighted by Crippen LogP contribution is -2.27. The van der Waals surface area contributed by atoms with Crippen molar-refractivity contribution in [2.75, 3.05) is 52.5 Å². The van der Waals surface area contributed by atoms with E-state index in [1.54, 1.807) is 0 Å². The van der Waals surface area contributed by atoms with E-state index in [1.807, 2.05) is 0 Å². The Kier molecular flexibility index (Phi) is 13.0. The van der Waals surface area contributed by atoms with Crippen LogP contribution in [-0.4, -0.2) is 66.8 Å². The fraction of sp³-hybridized carbons (Fsp3) is 0.538. The van der Waals surface area contributed by atoms with Crippen molar-refractivity contribution in [3.63, 3.8) is 0 Å². The molecular weight excluding hydrogens is 457 g/mol. The van der Waals surface area contributed by atoms with Crippen LogP contribution in [0.25, 0.3) is 21.8 Å². The van der Waals surface area contributed by atoms with Crippen molar-refractivity contribution in [1.82, 2.24) is 14.4 Å². The van der Waals surface area contributed by atoms with E-state index in [2.05, 4.69) is 85.4 Å². The molecule has 0 saturated carbocycles. The molecule has 0 unspecified atom stereocenters. The Hall–Kier alpha value is -1.66. The van der Waals surface area contributed by atoms with Gasteiger partial charge in [0.25, 0.3) is 0 Å². The molecule has 0 saturated heterocycles. The average molecular weight is 499 g/mol. The first-order valence-electron chi connectivity index (χ1n) is 11.9. The van der Waals surface area contributed by atoms with Gasteiger partial charge < -0.3 is 23.8 Å². The molecule has 7 heteroatoms. The summed E-state index contributed by atoms with van der Waals surface area (Å²) in [4.78, 5) is 4.76. The van der Waals surface area contributed by atoms with Crippen molar-refractivity contribution < 1.29 is 9.47 Å². The lowest BCUT2D eigenvalue weighted by Gasteiger charge is -2.18. The van der Waals surface area contributed by atoms with E-state index < -0.39 is 0 Å². The van der Waals surface area contributed by atoms with Crippen LogP contribution in [0.3, 0.4) is 0 Å². The third-order valence-corrected chi connectivity index (χ3v) is 6.27. The molecule has 5 nitrogen and oxygen atoms in total. The molecule has 2 aromatic carbocycles. The predicted molar refractivity (Wildman–Crippen MR) is 146 cm³/mol. The van der Waals surface area contributed by atoms with Crippen LogP contribution < -0.4 is 9.47 Å². The van der Waals surface area contributed by atoms with Gasteiger partial charge in [-0.05, 0) is 69.5 Å².